The Bertz CT molecular complexity index is 422. The van der Waals surface area contributed by atoms with Crippen LogP contribution in [-0.4, -0.2) is 17.5 Å². The van der Waals surface area contributed by atoms with Crippen LogP contribution in [0.25, 0.3) is 0 Å². The van der Waals surface area contributed by atoms with Crippen LogP contribution in [0.5, 0.6) is 0 Å². The number of aliphatic hydroxyl groups is 1. The summed E-state index contributed by atoms with van der Waals surface area (Å²) in [4.78, 5) is 4.20. The molecule has 1 aromatic rings. The molecule has 1 rings (SSSR count). The largest absolute Gasteiger partial charge is 0.401 e. The molecule has 5 N–H and O–H groups in total. The van der Waals surface area contributed by atoms with Gasteiger partial charge >= 0.3 is 0 Å². The molecule has 17 heavy (non-hydrogen) atoms. The highest BCUT2D eigenvalue weighted by Crippen LogP contribution is 2.21. The molecule has 0 heterocycles. The Kier molecular flexibility index (Phi) is 4.29. The van der Waals surface area contributed by atoms with Gasteiger partial charge in [0.15, 0.2) is 0 Å². The Hall–Kier alpha value is -1.81. The van der Waals surface area contributed by atoms with Crippen molar-refractivity contribution in [3.63, 3.8) is 0 Å². The van der Waals surface area contributed by atoms with E-state index in [-0.39, 0.29) is 6.61 Å². The van der Waals surface area contributed by atoms with E-state index in [1.165, 1.54) is 0 Å². The van der Waals surface area contributed by atoms with Gasteiger partial charge in [0.1, 0.15) is 5.84 Å². The summed E-state index contributed by atoms with van der Waals surface area (Å²) in [5.74, 6) is 0.329. The quantitative estimate of drug-likeness (QED) is 0.544. The first-order valence-electron chi connectivity index (χ1n) is 5.43. The summed E-state index contributed by atoms with van der Waals surface area (Å²) >= 11 is 0. The Morgan fingerprint density at radius 2 is 1.88 bits per heavy atom. The number of hydrogen-bond acceptors (Lipinski definition) is 3. The average molecular weight is 233 g/mol. The molecule has 4 heteroatoms. The summed E-state index contributed by atoms with van der Waals surface area (Å²) in [5, 5.41) is 9.17. The van der Waals surface area contributed by atoms with Crippen molar-refractivity contribution in [1.29, 1.82) is 0 Å². The van der Waals surface area contributed by atoms with Gasteiger partial charge in [-0.2, -0.15) is 0 Å². The molecule has 0 aliphatic carbocycles. The van der Waals surface area contributed by atoms with Crippen LogP contribution in [0, 0.1) is 5.41 Å². The number of hydrogen-bond donors (Lipinski definition) is 3. The highest BCUT2D eigenvalue weighted by molar-refractivity contribution is 5.93. The first-order chi connectivity index (χ1) is 7.95. The number of benzene rings is 1. The van der Waals surface area contributed by atoms with Crippen LogP contribution in [0.2, 0.25) is 0 Å². The van der Waals surface area contributed by atoms with E-state index in [9.17, 15) is 0 Å². The molecule has 0 saturated heterocycles. The molecule has 0 fully saturated rings. The standard InChI is InChI=1S/C13H19N3O/c1-13(2,9-17)11(14)8-12(15)16-10-6-4-3-5-7-10/h3-8,17H,9,14H2,1-2H3,(H2,15,16). The molecule has 0 radical (unpaired) electrons. The zero-order valence-electron chi connectivity index (χ0n) is 10.2. The van der Waals surface area contributed by atoms with E-state index in [0.717, 1.165) is 5.69 Å². The lowest BCUT2D eigenvalue weighted by Crippen LogP contribution is -2.27. The van der Waals surface area contributed by atoms with E-state index in [0.29, 0.717) is 11.5 Å². The van der Waals surface area contributed by atoms with Gasteiger partial charge in [-0.25, -0.2) is 4.99 Å². The molecule has 0 spiro atoms. The minimum atomic E-state index is -0.489. The third kappa shape index (κ3) is 3.92. The number of nitrogens with two attached hydrogens (primary N) is 2. The van der Waals surface area contributed by atoms with Crippen molar-refractivity contribution in [2.45, 2.75) is 13.8 Å². The SMILES string of the molecule is CC(C)(CO)C(N)=CC(N)=Nc1ccccc1. The van der Waals surface area contributed by atoms with Crippen molar-refractivity contribution < 1.29 is 5.11 Å². The number of nitrogens with zero attached hydrogens (tertiary/aromatic N) is 1. The summed E-state index contributed by atoms with van der Waals surface area (Å²) in [6, 6.07) is 9.39. The molecular formula is C13H19N3O. The molecule has 4 nitrogen and oxygen atoms in total. The highest BCUT2D eigenvalue weighted by Gasteiger charge is 2.19. The number of aliphatic imine (C=N–C) groups is 1. The van der Waals surface area contributed by atoms with Crippen LogP contribution in [0.1, 0.15) is 13.8 Å². The summed E-state index contributed by atoms with van der Waals surface area (Å²) in [6.45, 7) is 3.65. The summed E-state index contributed by atoms with van der Waals surface area (Å²) in [5.41, 5.74) is 12.4. The number of para-hydroxylation sites is 1. The zero-order chi connectivity index (χ0) is 12.9. The second-order valence-electron chi connectivity index (χ2n) is 4.51. The number of aliphatic hydroxyl groups excluding tert-OH is 1. The average Bonchev–Trinajstić information content (AvgIpc) is 2.30. The van der Waals surface area contributed by atoms with Crippen molar-refractivity contribution in [1.82, 2.24) is 0 Å². The number of rotatable bonds is 4. The van der Waals surface area contributed by atoms with Gasteiger partial charge in [-0.1, -0.05) is 32.0 Å². The van der Waals surface area contributed by atoms with E-state index in [2.05, 4.69) is 4.99 Å². The fourth-order valence-electron chi connectivity index (χ4n) is 1.13. The van der Waals surface area contributed by atoms with E-state index >= 15 is 0 Å². The van der Waals surface area contributed by atoms with Crippen molar-refractivity contribution >= 4 is 11.5 Å². The van der Waals surface area contributed by atoms with Crippen molar-refractivity contribution in [3.8, 4) is 0 Å². The maximum atomic E-state index is 9.17. The second-order valence-corrected chi connectivity index (χ2v) is 4.51. The maximum absolute atomic E-state index is 9.17. The van der Waals surface area contributed by atoms with Gasteiger partial charge in [-0.15, -0.1) is 0 Å². The fraction of sp³-hybridized carbons (Fsp3) is 0.308. The smallest absolute Gasteiger partial charge is 0.125 e. The van der Waals surface area contributed by atoms with Crippen LogP contribution < -0.4 is 11.5 Å². The minimum absolute atomic E-state index is 0.0338. The van der Waals surface area contributed by atoms with Gasteiger partial charge in [0.25, 0.3) is 0 Å². The Balaban J connectivity index is 2.89. The van der Waals surface area contributed by atoms with Gasteiger partial charge in [0.2, 0.25) is 0 Å². The molecule has 0 amide bonds. The normalized spacial score (nSPS) is 13.8. The van der Waals surface area contributed by atoms with E-state index in [1.54, 1.807) is 6.08 Å². The maximum Gasteiger partial charge on any atom is 0.125 e. The molecule has 0 aromatic heterocycles. The predicted octanol–water partition coefficient (Wildman–Crippen LogP) is 1.54. The Morgan fingerprint density at radius 1 is 1.29 bits per heavy atom. The summed E-state index contributed by atoms with van der Waals surface area (Å²) < 4.78 is 0. The molecular weight excluding hydrogens is 214 g/mol. The third-order valence-corrected chi connectivity index (χ3v) is 2.49. The molecule has 0 aliphatic heterocycles. The lowest BCUT2D eigenvalue weighted by molar-refractivity contribution is 0.189. The molecule has 0 bridgehead atoms. The molecule has 0 atom stereocenters. The number of amidine groups is 1. The van der Waals surface area contributed by atoms with Gasteiger partial charge in [-0.3, -0.25) is 0 Å². The molecule has 1 aromatic carbocycles. The monoisotopic (exact) mass is 233 g/mol. The van der Waals surface area contributed by atoms with E-state index < -0.39 is 5.41 Å². The highest BCUT2D eigenvalue weighted by atomic mass is 16.3. The van der Waals surface area contributed by atoms with Gasteiger partial charge in [0, 0.05) is 11.1 Å². The third-order valence-electron chi connectivity index (χ3n) is 2.49. The van der Waals surface area contributed by atoms with Crippen LogP contribution in [0.15, 0.2) is 47.1 Å². The van der Waals surface area contributed by atoms with Crippen molar-refractivity contribution in [3.05, 3.63) is 42.1 Å². The predicted molar refractivity (Wildman–Crippen MR) is 70.9 cm³/mol. The molecule has 0 unspecified atom stereocenters. The van der Waals surface area contributed by atoms with Gasteiger partial charge in [0.05, 0.1) is 12.3 Å². The summed E-state index contributed by atoms with van der Waals surface area (Å²) in [7, 11) is 0. The Morgan fingerprint density at radius 3 is 2.41 bits per heavy atom. The second kappa shape index (κ2) is 5.50. The lowest BCUT2D eigenvalue weighted by atomic mass is 9.90. The van der Waals surface area contributed by atoms with E-state index in [4.69, 9.17) is 16.6 Å². The lowest BCUT2D eigenvalue weighted by Gasteiger charge is -2.22. The topological polar surface area (TPSA) is 84.6 Å². The van der Waals surface area contributed by atoms with Crippen LogP contribution >= 0.6 is 0 Å². The molecule has 0 aliphatic rings. The first-order valence-corrected chi connectivity index (χ1v) is 5.43. The van der Waals surface area contributed by atoms with Crippen molar-refractivity contribution in [2.75, 3.05) is 6.61 Å². The molecule has 0 saturated carbocycles. The Labute approximate surface area is 102 Å². The fourth-order valence-corrected chi connectivity index (χ4v) is 1.13. The molecule has 92 valence electrons. The van der Waals surface area contributed by atoms with Gasteiger partial charge < -0.3 is 16.6 Å². The van der Waals surface area contributed by atoms with E-state index in [1.807, 2.05) is 44.2 Å². The minimum Gasteiger partial charge on any atom is -0.401 e. The first kappa shape index (κ1) is 13.3. The van der Waals surface area contributed by atoms with Crippen molar-refractivity contribution in [2.24, 2.45) is 21.9 Å². The van der Waals surface area contributed by atoms with Gasteiger partial charge in [-0.05, 0) is 18.2 Å². The van der Waals surface area contributed by atoms with Crippen LogP contribution in [-0.2, 0) is 0 Å². The van der Waals surface area contributed by atoms with Crippen LogP contribution in [0.4, 0.5) is 5.69 Å². The zero-order valence-corrected chi connectivity index (χ0v) is 10.2. The summed E-state index contributed by atoms with van der Waals surface area (Å²) in [6.07, 6.45) is 1.59. The van der Waals surface area contributed by atoms with Crippen LogP contribution in [0.3, 0.4) is 0 Å².